The minimum atomic E-state index is -0.300. The zero-order chi connectivity index (χ0) is 13.9. The van der Waals surface area contributed by atoms with Gasteiger partial charge in [-0.1, -0.05) is 30.3 Å². The van der Waals surface area contributed by atoms with Crippen LogP contribution in [0, 0.1) is 0 Å². The van der Waals surface area contributed by atoms with Crippen LogP contribution in [0.15, 0.2) is 60.8 Å². The molecule has 0 aliphatic carbocycles. The normalized spacial score (nSPS) is 10.6. The molecule has 2 N–H and O–H groups in total. The largest absolute Gasteiger partial charge is 0.399 e. The van der Waals surface area contributed by atoms with E-state index < -0.39 is 0 Å². The molecule has 1 heterocycles. The summed E-state index contributed by atoms with van der Waals surface area (Å²) in [6.45, 7) is 0. The van der Waals surface area contributed by atoms with Crippen molar-refractivity contribution in [1.29, 1.82) is 0 Å². The van der Waals surface area contributed by atoms with Crippen LogP contribution in [-0.4, -0.2) is 10.7 Å². The zero-order valence-electron chi connectivity index (χ0n) is 10.8. The van der Waals surface area contributed by atoms with Crippen molar-refractivity contribution >= 4 is 22.6 Å². The van der Waals surface area contributed by atoms with E-state index in [1.165, 1.54) is 4.73 Å². The highest BCUT2D eigenvalue weighted by Crippen LogP contribution is 2.17. The maximum Gasteiger partial charge on any atom is 0.337 e. The van der Waals surface area contributed by atoms with Crippen molar-refractivity contribution in [3.8, 4) is 0 Å². The first kappa shape index (κ1) is 12.3. The van der Waals surface area contributed by atoms with E-state index in [1.54, 1.807) is 12.3 Å². The Hall–Kier alpha value is -2.75. The Morgan fingerprint density at radius 1 is 1.10 bits per heavy atom. The molecule has 0 fully saturated rings. The Morgan fingerprint density at radius 2 is 1.90 bits per heavy atom. The van der Waals surface area contributed by atoms with Crippen molar-refractivity contribution in [3.05, 3.63) is 66.4 Å². The lowest BCUT2D eigenvalue weighted by atomic mass is 10.2. The first-order chi connectivity index (χ1) is 9.72. The van der Waals surface area contributed by atoms with E-state index in [9.17, 15) is 4.79 Å². The van der Waals surface area contributed by atoms with Gasteiger partial charge in [-0.2, -0.15) is 4.73 Å². The SMILES string of the molecule is Nc1ccc2c(ccn2OC(=O)Cc2ccccc2)c1. The van der Waals surface area contributed by atoms with Crippen molar-refractivity contribution in [2.24, 2.45) is 0 Å². The third-order valence-electron chi connectivity index (χ3n) is 3.07. The van der Waals surface area contributed by atoms with Gasteiger partial charge in [-0.05, 0) is 29.8 Å². The lowest BCUT2D eigenvalue weighted by Crippen LogP contribution is -2.20. The van der Waals surface area contributed by atoms with Crippen molar-refractivity contribution in [3.63, 3.8) is 0 Å². The molecular weight excluding hydrogens is 252 g/mol. The zero-order valence-corrected chi connectivity index (χ0v) is 10.8. The third-order valence-corrected chi connectivity index (χ3v) is 3.07. The molecule has 0 unspecified atom stereocenters. The number of nitrogen functional groups attached to an aromatic ring is 1. The number of carbonyl (C=O) groups excluding carboxylic acids is 1. The molecule has 2 aromatic carbocycles. The van der Waals surface area contributed by atoms with E-state index in [4.69, 9.17) is 10.6 Å². The Kier molecular flexibility index (Phi) is 3.13. The predicted molar refractivity (Wildman–Crippen MR) is 78.1 cm³/mol. The number of nitrogens with two attached hydrogens (primary N) is 1. The van der Waals surface area contributed by atoms with Crippen molar-refractivity contribution in [2.45, 2.75) is 6.42 Å². The molecule has 4 nitrogen and oxygen atoms in total. The molecule has 0 atom stereocenters. The number of fused-ring (bicyclic) bond motifs is 1. The van der Waals surface area contributed by atoms with Crippen LogP contribution in [-0.2, 0) is 11.2 Å². The Bertz CT molecular complexity index is 748. The maximum atomic E-state index is 11.9. The fourth-order valence-electron chi connectivity index (χ4n) is 2.12. The fourth-order valence-corrected chi connectivity index (χ4v) is 2.12. The van der Waals surface area contributed by atoms with Gasteiger partial charge in [-0.25, -0.2) is 4.79 Å². The number of rotatable bonds is 3. The van der Waals surface area contributed by atoms with Crippen LogP contribution in [0.4, 0.5) is 5.69 Å². The quantitative estimate of drug-likeness (QED) is 0.741. The molecule has 3 rings (SSSR count). The minimum Gasteiger partial charge on any atom is -0.399 e. The van der Waals surface area contributed by atoms with Gasteiger partial charge >= 0.3 is 5.97 Å². The van der Waals surface area contributed by atoms with E-state index in [1.807, 2.05) is 48.5 Å². The summed E-state index contributed by atoms with van der Waals surface area (Å²) in [5, 5.41) is 0.942. The molecule has 0 aliphatic rings. The highest BCUT2D eigenvalue weighted by molar-refractivity contribution is 5.84. The molecule has 0 saturated carbocycles. The topological polar surface area (TPSA) is 57.2 Å². The third kappa shape index (κ3) is 2.49. The van der Waals surface area contributed by atoms with Crippen LogP contribution in [0.25, 0.3) is 10.9 Å². The van der Waals surface area contributed by atoms with Crippen LogP contribution in [0.2, 0.25) is 0 Å². The number of benzene rings is 2. The summed E-state index contributed by atoms with van der Waals surface area (Å²) in [5.41, 5.74) is 8.15. The summed E-state index contributed by atoms with van der Waals surface area (Å²) >= 11 is 0. The first-order valence-corrected chi connectivity index (χ1v) is 6.34. The van der Waals surface area contributed by atoms with Gasteiger partial charge in [0.15, 0.2) is 0 Å². The first-order valence-electron chi connectivity index (χ1n) is 6.34. The van der Waals surface area contributed by atoms with Crippen molar-refractivity contribution < 1.29 is 9.63 Å². The molecule has 4 heteroatoms. The second-order valence-corrected chi connectivity index (χ2v) is 4.59. The average molecular weight is 266 g/mol. The summed E-state index contributed by atoms with van der Waals surface area (Å²) in [5.74, 6) is -0.300. The lowest BCUT2D eigenvalue weighted by Gasteiger charge is -2.06. The van der Waals surface area contributed by atoms with Gasteiger partial charge in [-0.15, -0.1) is 0 Å². The minimum absolute atomic E-state index is 0.246. The summed E-state index contributed by atoms with van der Waals surface area (Å²) in [7, 11) is 0. The number of hydrogen-bond donors (Lipinski definition) is 1. The van der Waals surface area contributed by atoms with Gasteiger partial charge in [0.1, 0.15) is 0 Å². The fraction of sp³-hybridized carbons (Fsp3) is 0.0625. The highest BCUT2D eigenvalue weighted by Gasteiger charge is 2.08. The molecule has 0 amide bonds. The van der Waals surface area contributed by atoms with E-state index in [0.29, 0.717) is 5.69 Å². The van der Waals surface area contributed by atoms with Gasteiger partial charge < -0.3 is 10.6 Å². The van der Waals surface area contributed by atoms with Gasteiger partial charge in [0, 0.05) is 17.3 Å². The molecule has 0 spiro atoms. The van der Waals surface area contributed by atoms with Crippen LogP contribution in [0.5, 0.6) is 0 Å². The number of nitrogens with zero attached hydrogens (tertiary/aromatic N) is 1. The van der Waals surface area contributed by atoms with E-state index >= 15 is 0 Å². The molecule has 3 aromatic rings. The summed E-state index contributed by atoms with van der Waals surface area (Å²) in [6, 6.07) is 16.8. The van der Waals surface area contributed by atoms with Gasteiger partial charge in [0.05, 0.1) is 11.9 Å². The average Bonchev–Trinajstić information content (AvgIpc) is 2.82. The second kappa shape index (κ2) is 5.09. The number of hydrogen-bond acceptors (Lipinski definition) is 3. The molecule has 100 valence electrons. The second-order valence-electron chi connectivity index (χ2n) is 4.59. The molecule has 0 aliphatic heterocycles. The number of anilines is 1. The lowest BCUT2D eigenvalue weighted by molar-refractivity contribution is -0.142. The van der Waals surface area contributed by atoms with Gasteiger partial charge in [-0.3, -0.25) is 0 Å². The van der Waals surface area contributed by atoms with Crippen LogP contribution >= 0.6 is 0 Å². The van der Waals surface area contributed by atoms with Crippen LogP contribution < -0.4 is 10.6 Å². The Balaban J connectivity index is 1.78. The van der Waals surface area contributed by atoms with Gasteiger partial charge in [0.25, 0.3) is 0 Å². The summed E-state index contributed by atoms with van der Waals surface area (Å²) < 4.78 is 1.47. The standard InChI is InChI=1S/C16H14N2O2/c17-14-6-7-15-13(11-14)8-9-18(15)20-16(19)10-12-4-2-1-3-5-12/h1-9,11H,10,17H2. The highest BCUT2D eigenvalue weighted by atomic mass is 16.7. The van der Waals surface area contributed by atoms with Gasteiger partial charge in [0.2, 0.25) is 0 Å². The monoisotopic (exact) mass is 266 g/mol. The summed E-state index contributed by atoms with van der Waals surface area (Å²) in [6.07, 6.45) is 1.96. The number of carbonyl (C=O) groups is 1. The summed E-state index contributed by atoms with van der Waals surface area (Å²) in [4.78, 5) is 17.3. The Labute approximate surface area is 116 Å². The molecular formula is C16H14N2O2. The Morgan fingerprint density at radius 3 is 2.70 bits per heavy atom. The van der Waals surface area contributed by atoms with Crippen molar-refractivity contribution in [1.82, 2.24) is 4.73 Å². The molecule has 0 bridgehead atoms. The molecule has 0 saturated heterocycles. The number of aromatic nitrogens is 1. The molecule has 20 heavy (non-hydrogen) atoms. The molecule has 1 aromatic heterocycles. The smallest absolute Gasteiger partial charge is 0.337 e. The van der Waals surface area contributed by atoms with Crippen LogP contribution in [0.1, 0.15) is 5.56 Å². The maximum absolute atomic E-state index is 11.9. The molecule has 0 radical (unpaired) electrons. The van der Waals surface area contributed by atoms with Crippen LogP contribution in [0.3, 0.4) is 0 Å². The van der Waals surface area contributed by atoms with E-state index in [0.717, 1.165) is 16.5 Å². The van der Waals surface area contributed by atoms with E-state index in [-0.39, 0.29) is 12.4 Å². The predicted octanol–water partition coefficient (Wildman–Crippen LogP) is 2.42. The van der Waals surface area contributed by atoms with Crippen molar-refractivity contribution in [2.75, 3.05) is 5.73 Å². The van der Waals surface area contributed by atoms with E-state index in [2.05, 4.69) is 0 Å².